The van der Waals surface area contributed by atoms with E-state index in [0.29, 0.717) is 16.9 Å². The number of aromatic nitrogens is 3. The third kappa shape index (κ3) is 4.58. The number of amides is 1. The zero-order chi connectivity index (χ0) is 25.3. The highest BCUT2D eigenvalue weighted by Gasteiger charge is 2.34. The highest BCUT2D eigenvalue weighted by atomic mass is 19.4. The summed E-state index contributed by atoms with van der Waals surface area (Å²) in [7, 11) is 0. The molecule has 36 heavy (non-hydrogen) atoms. The number of carbonyl (C=O) groups excluding carboxylic acids is 1. The predicted octanol–water partition coefficient (Wildman–Crippen LogP) is 4.18. The van der Waals surface area contributed by atoms with Crippen molar-refractivity contribution < 1.29 is 18.0 Å². The summed E-state index contributed by atoms with van der Waals surface area (Å²) in [6, 6.07) is 13.3. The minimum atomic E-state index is -4.72. The first-order chi connectivity index (χ1) is 17.3. The molecule has 0 atom stereocenters. The highest BCUT2D eigenvalue weighted by molar-refractivity contribution is 6.11. The van der Waals surface area contributed by atoms with E-state index >= 15 is 0 Å². The highest BCUT2D eigenvalue weighted by Crippen LogP contribution is 2.34. The molecule has 0 bridgehead atoms. The number of anilines is 2. The monoisotopic (exact) mass is 491 g/mol. The van der Waals surface area contributed by atoms with Gasteiger partial charge in [-0.1, -0.05) is 6.07 Å². The van der Waals surface area contributed by atoms with Crippen LogP contribution in [-0.4, -0.2) is 47.0 Å². The second-order valence-electron chi connectivity index (χ2n) is 8.25. The normalized spacial score (nSPS) is 14.0. The predicted molar refractivity (Wildman–Crippen MR) is 129 cm³/mol. The number of para-hydroxylation sites is 1. The number of carbonyl (C=O) groups is 1. The fraction of sp³-hybridized carbons (Fsp3) is 0.200. The molecule has 1 amide bonds. The molecule has 1 saturated heterocycles. The fourth-order valence-electron chi connectivity index (χ4n) is 4.11. The average molecular weight is 491 g/mol. The van der Waals surface area contributed by atoms with Crippen molar-refractivity contribution >= 4 is 28.4 Å². The molecule has 5 rings (SSSR count). The van der Waals surface area contributed by atoms with Crippen LogP contribution in [0.2, 0.25) is 0 Å². The van der Waals surface area contributed by atoms with Crippen molar-refractivity contribution in [1.82, 2.24) is 20.3 Å². The van der Waals surface area contributed by atoms with E-state index in [9.17, 15) is 18.0 Å². The van der Waals surface area contributed by atoms with Crippen molar-refractivity contribution in [3.63, 3.8) is 0 Å². The summed E-state index contributed by atoms with van der Waals surface area (Å²) in [4.78, 5) is 27.5. The van der Waals surface area contributed by atoms with Crippen LogP contribution < -0.4 is 15.5 Å². The largest absolute Gasteiger partial charge is 0.417 e. The molecule has 0 aliphatic carbocycles. The number of alkyl halides is 3. The SMILES string of the molecule is N#Cc1ccc(NC(=O)c2cccc3[nH]c(-c4ccc(N5CCNCC5)nc4)nc23)cc1C(F)(F)F. The lowest BCUT2D eigenvalue weighted by Gasteiger charge is -2.28. The number of nitrogens with one attached hydrogen (secondary N) is 3. The molecule has 0 radical (unpaired) electrons. The number of pyridine rings is 1. The Morgan fingerprint density at radius 3 is 2.61 bits per heavy atom. The van der Waals surface area contributed by atoms with Gasteiger partial charge in [0.05, 0.1) is 28.3 Å². The van der Waals surface area contributed by atoms with Gasteiger partial charge >= 0.3 is 6.18 Å². The van der Waals surface area contributed by atoms with E-state index < -0.39 is 23.2 Å². The van der Waals surface area contributed by atoms with Crippen LogP contribution in [0.3, 0.4) is 0 Å². The van der Waals surface area contributed by atoms with Gasteiger partial charge in [-0.3, -0.25) is 4.79 Å². The minimum absolute atomic E-state index is 0.0770. The Bertz CT molecular complexity index is 1470. The summed E-state index contributed by atoms with van der Waals surface area (Å²) in [5.41, 5.74) is 0.194. The van der Waals surface area contributed by atoms with E-state index in [4.69, 9.17) is 5.26 Å². The molecule has 182 valence electrons. The molecule has 2 aromatic heterocycles. The molecule has 2 aromatic carbocycles. The first-order valence-corrected chi connectivity index (χ1v) is 11.2. The van der Waals surface area contributed by atoms with Crippen molar-refractivity contribution in [3.05, 3.63) is 71.4 Å². The number of halogens is 3. The summed E-state index contributed by atoms with van der Waals surface area (Å²) in [5.74, 6) is 0.767. The van der Waals surface area contributed by atoms with Gasteiger partial charge in [0.1, 0.15) is 17.2 Å². The van der Waals surface area contributed by atoms with Crippen LogP contribution in [0.15, 0.2) is 54.7 Å². The fourth-order valence-corrected chi connectivity index (χ4v) is 4.11. The molecule has 0 saturated carbocycles. The maximum absolute atomic E-state index is 13.3. The number of hydrogen-bond donors (Lipinski definition) is 3. The first kappa shape index (κ1) is 23.3. The third-order valence-corrected chi connectivity index (χ3v) is 5.92. The number of benzene rings is 2. The van der Waals surface area contributed by atoms with Gasteiger partial charge in [-0.05, 0) is 42.5 Å². The van der Waals surface area contributed by atoms with Crippen molar-refractivity contribution in [1.29, 1.82) is 5.26 Å². The van der Waals surface area contributed by atoms with Crippen molar-refractivity contribution in [2.45, 2.75) is 6.18 Å². The maximum atomic E-state index is 13.3. The standard InChI is InChI=1S/C25H20F3N7O/c26-25(27,28)19-12-17(6-4-15(19)13-29)32-24(36)18-2-1-3-20-22(18)34-23(33-20)16-5-7-21(31-14-16)35-10-8-30-9-11-35/h1-7,12,14,30H,8-11H2,(H,32,36)(H,33,34). The number of nitriles is 1. The second-order valence-corrected chi connectivity index (χ2v) is 8.25. The minimum Gasteiger partial charge on any atom is -0.354 e. The molecule has 0 spiro atoms. The average Bonchev–Trinajstić information content (AvgIpc) is 3.33. The molecule has 0 unspecified atom stereocenters. The number of H-pyrrole nitrogens is 1. The van der Waals surface area contributed by atoms with E-state index in [2.05, 4.69) is 30.5 Å². The van der Waals surface area contributed by atoms with Crippen molar-refractivity contribution in [2.24, 2.45) is 0 Å². The lowest BCUT2D eigenvalue weighted by atomic mass is 10.1. The first-order valence-electron chi connectivity index (χ1n) is 11.2. The van der Waals surface area contributed by atoms with E-state index in [1.165, 1.54) is 12.1 Å². The van der Waals surface area contributed by atoms with Gasteiger partial charge in [0.15, 0.2) is 0 Å². The Morgan fingerprint density at radius 1 is 1.11 bits per heavy atom. The number of rotatable bonds is 4. The number of aromatic amines is 1. The number of imidazole rings is 1. The molecular weight excluding hydrogens is 471 g/mol. The Morgan fingerprint density at radius 2 is 1.92 bits per heavy atom. The molecule has 1 fully saturated rings. The molecule has 1 aliphatic rings. The summed E-state index contributed by atoms with van der Waals surface area (Å²) in [6.45, 7) is 3.55. The Hall–Kier alpha value is -4.43. The number of nitrogens with zero attached hydrogens (tertiary/aromatic N) is 4. The number of fused-ring (bicyclic) bond motifs is 1. The molecule has 1 aliphatic heterocycles. The summed E-state index contributed by atoms with van der Waals surface area (Å²) < 4.78 is 39.9. The van der Waals surface area contributed by atoms with Gasteiger partial charge in [0.25, 0.3) is 5.91 Å². The number of hydrogen-bond acceptors (Lipinski definition) is 6. The third-order valence-electron chi connectivity index (χ3n) is 5.92. The summed E-state index contributed by atoms with van der Waals surface area (Å²) in [5, 5.41) is 14.8. The van der Waals surface area contributed by atoms with E-state index in [0.717, 1.165) is 49.7 Å². The molecule has 8 nitrogen and oxygen atoms in total. The van der Waals surface area contributed by atoms with Gasteiger partial charge in [-0.2, -0.15) is 18.4 Å². The van der Waals surface area contributed by atoms with Crippen LogP contribution in [0.1, 0.15) is 21.5 Å². The zero-order valence-electron chi connectivity index (χ0n) is 18.9. The van der Waals surface area contributed by atoms with E-state index in [1.807, 2.05) is 12.1 Å². The summed E-state index contributed by atoms with van der Waals surface area (Å²) >= 11 is 0. The van der Waals surface area contributed by atoms with Gasteiger partial charge in [-0.25, -0.2) is 9.97 Å². The van der Waals surface area contributed by atoms with Crippen LogP contribution in [0.5, 0.6) is 0 Å². The maximum Gasteiger partial charge on any atom is 0.417 e. The zero-order valence-corrected chi connectivity index (χ0v) is 18.9. The lowest BCUT2D eigenvalue weighted by molar-refractivity contribution is -0.137. The Balaban J connectivity index is 1.41. The quantitative estimate of drug-likeness (QED) is 0.395. The molecule has 4 aromatic rings. The summed E-state index contributed by atoms with van der Waals surface area (Å²) in [6.07, 6.45) is -3.01. The number of piperazine rings is 1. The Labute approximate surface area is 203 Å². The van der Waals surface area contributed by atoms with E-state index in [1.54, 1.807) is 24.4 Å². The van der Waals surface area contributed by atoms with Crippen LogP contribution >= 0.6 is 0 Å². The lowest BCUT2D eigenvalue weighted by Crippen LogP contribution is -2.43. The Kier molecular flexibility index (Phi) is 6.03. The van der Waals surface area contributed by atoms with Gasteiger partial charge in [-0.15, -0.1) is 0 Å². The van der Waals surface area contributed by atoms with Crippen LogP contribution in [-0.2, 0) is 6.18 Å². The van der Waals surface area contributed by atoms with Crippen LogP contribution in [0, 0.1) is 11.3 Å². The van der Waals surface area contributed by atoms with Crippen molar-refractivity contribution in [2.75, 3.05) is 36.4 Å². The van der Waals surface area contributed by atoms with Crippen LogP contribution in [0.4, 0.5) is 24.7 Å². The van der Waals surface area contributed by atoms with E-state index in [-0.39, 0.29) is 11.3 Å². The molecule has 3 heterocycles. The van der Waals surface area contributed by atoms with Gasteiger partial charge in [0.2, 0.25) is 0 Å². The smallest absolute Gasteiger partial charge is 0.354 e. The second kappa shape index (κ2) is 9.31. The molecular formula is C25H20F3N7O. The molecule has 3 N–H and O–H groups in total. The molecule has 11 heteroatoms. The van der Waals surface area contributed by atoms with Crippen LogP contribution in [0.25, 0.3) is 22.4 Å². The van der Waals surface area contributed by atoms with Gasteiger partial charge < -0.3 is 20.5 Å². The van der Waals surface area contributed by atoms with Crippen molar-refractivity contribution in [3.8, 4) is 17.5 Å². The topological polar surface area (TPSA) is 110 Å². The van der Waals surface area contributed by atoms with Gasteiger partial charge in [0, 0.05) is 43.6 Å².